The average Bonchev–Trinajstić information content (AvgIpc) is 3.36. The van der Waals surface area contributed by atoms with Gasteiger partial charge < -0.3 is 15.4 Å². The number of para-hydroxylation sites is 1. The van der Waals surface area contributed by atoms with Gasteiger partial charge in [-0.05, 0) is 42.8 Å². The van der Waals surface area contributed by atoms with E-state index in [0.29, 0.717) is 28.5 Å². The van der Waals surface area contributed by atoms with Crippen LogP contribution in [0.25, 0.3) is 0 Å². The molecular weight excluding hydrogens is 440 g/mol. The molecule has 8 heteroatoms. The maximum Gasteiger partial charge on any atom is 0.411 e. The molecule has 1 aromatic heterocycles. The lowest BCUT2D eigenvalue weighted by Crippen LogP contribution is -2.32. The summed E-state index contributed by atoms with van der Waals surface area (Å²) in [5, 5.41) is 9.26. The van der Waals surface area contributed by atoms with E-state index in [9.17, 15) is 9.59 Å². The number of nitrogens with zero attached hydrogens (tertiary/aromatic N) is 1. The number of hydrogen-bond donors (Lipinski definition) is 3. The highest BCUT2D eigenvalue weighted by molar-refractivity contribution is 6.30. The molecule has 2 atom stereocenters. The fraction of sp³-hybridized carbons (Fsp3) is 0.240. The van der Waals surface area contributed by atoms with Crippen molar-refractivity contribution in [3.8, 4) is 0 Å². The van der Waals surface area contributed by atoms with Gasteiger partial charge in [-0.2, -0.15) is 0 Å². The number of ether oxygens (including phenoxy) is 1. The maximum atomic E-state index is 12.8. The van der Waals surface area contributed by atoms with Crippen LogP contribution >= 0.6 is 11.6 Å². The first-order valence-electron chi connectivity index (χ1n) is 10.8. The Morgan fingerprint density at radius 3 is 2.58 bits per heavy atom. The molecule has 4 rings (SSSR count). The van der Waals surface area contributed by atoms with Gasteiger partial charge in [0.2, 0.25) is 0 Å². The number of benzene rings is 2. The first kappa shape index (κ1) is 22.8. The van der Waals surface area contributed by atoms with Crippen molar-refractivity contribution in [1.82, 2.24) is 10.3 Å². The van der Waals surface area contributed by atoms with Crippen molar-refractivity contribution in [2.75, 3.05) is 23.7 Å². The fourth-order valence-electron chi connectivity index (χ4n) is 3.85. The Bertz CT molecular complexity index is 1090. The molecule has 3 aromatic rings. The molecule has 1 aliphatic rings. The van der Waals surface area contributed by atoms with Crippen molar-refractivity contribution in [2.24, 2.45) is 5.92 Å². The molecule has 0 saturated carbocycles. The number of aromatic nitrogens is 1. The number of hydrogen-bond acceptors (Lipinski definition) is 5. The molecule has 3 N–H and O–H groups in total. The van der Waals surface area contributed by atoms with Crippen LogP contribution in [0.1, 0.15) is 22.3 Å². The highest BCUT2D eigenvalue weighted by Crippen LogP contribution is 2.22. The number of pyridine rings is 1. The fourth-order valence-corrected chi connectivity index (χ4v) is 3.96. The molecule has 2 amide bonds. The van der Waals surface area contributed by atoms with Crippen molar-refractivity contribution in [1.29, 1.82) is 0 Å². The second-order valence-corrected chi connectivity index (χ2v) is 8.31. The zero-order chi connectivity index (χ0) is 23.0. The smallest absolute Gasteiger partial charge is 0.411 e. The molecule has 0 radical (unpaired) electrons. The van der Waals surface area contributed by atoms with Crippen LogP contribution in [0.4, 0.5) is 16.3 Å². The molecule has 7 nitrogen and oxygen atoms in total. The van der Waals surface area contributed by atoms with E-state index in [1.165, 1.54) is 6.20 Å². The number of halogens is 1. The van der Waals surface area contributed by atoms with Crippen LogP contribution < -0.4 is 16.0 Å². The number of nitrogens with one attached hydrogen (secondary N) is 3. The molecule has 1 saturated heterocycles. The Morgan fingerprint density at radius 1 is 1.06 bits per heavy atom. The summed E-state index contributed by atoms with van der Waals surface area (Å²) in [5.41, 5.74) is 1.77. The summed E-state index contributed by atoms with van der Waals surface area (Å²) in [6.07, 6.45) is 2.15. The highest BCUT2D eigenvalue weighted by atomic mass is 35.5. The lowest BCUT2D eigenvalue weighted by atomic mass is 9.95. The van der Waals surface area contributed by atoms with Gasteiger partial charge in [0.25, 0.3) is 5.91 Å². The first-order chi connectivity index (χ1) is 16.1. The molecule has 0 bridgehead atoms. The van der Waals surface area contributed by atoms with Crippen LogP contribution in [0.2, 0.25) is 5.02 Å². The topological polar surface area (TPSA) is 92.4 Å². The highest BCUT2D eigenvalue weighted by Gasteiger charge is 2.28. The van der Waals surface area contributed by atoms with Crippen molar-refractivity contribution in [3.05, 3.63) is 89.1 Å². The molecule has 2 heterocycles. The summed E-state index contributed by atoms with van der Waals surface area (Å²) < 4.78 is 5.86. The summed E-state index contributed by atoms with van der Waals surface area (Å²) in [6.45, 7) is 1.71. The third-order valence-electron chi connectivity index (χ3n) is 5.54. The van der Waals surface area contributed by atoms with Gasteiger partial charge in [-0.1, -0.05) is 54.1 Å². The molecule has 0 aliphatic carbocycles. The van der Waals surface area contributed by atoms with Crippen LogP contribution in [0, 0.1) is 5.92 Å². The van der Waals surface area contributed by atoms with E-state index in [4.69, 9.17) is 16.3 Å². The van der Waals surface area contributed by atoms with Gasteiger partial charge in [0, 0.05) is 25.1 Å². The number of rotatable bonds is 7. The van der Waals surface area contributed by atoms with Gasteiger partial charge in [-0.25, -0.2) is 9.78 Å². The molecule has 1 aliphatic heterocycles. The second-order valence-electron chi connectivity index (χ2n) is 7.87. The van der Waals surface area contributed by atoms with Crippen molar-refractivity contribution < 1.29 is 14.3 Å². The summed E-state index contributed by atoms with van der Waals surface area (Å²) >= 11 is 5.85. The van der Waals surface area contributed by atoms with Crippen LogP contribution in [0.5, 0.6) is 0 Å². The normalized spacial score (nSPS) is 16.1. The Hall–Kier alpha value is -3.42. The van der Waals surface area contributed by atoms with Crippen LogP contribution in [0.3, 0.4) is 0 Å². The minimum absolute atomic E-state index is 0.227. The zero-order valence-electron chi connectivity index (χ0n) is 18.0. The molecule has 2 unspecified atom stereocenters. The lowest BCUT2D eigenvalue weighted by Gasteiger charge is -2.24. The van der Waals surface area contributed by atoms with E-state index in [-0.39, 0.29) is 12.0 Å². The van der Waals surface area contributed by atoms with E-state index >= 15 is 0 Å². The molecule has 33 heavy (non-hydrogen) atoms. The maximum absolute atomic E-state index is 12.8. The predicted molar refractivity (Wildman–Crippen MR) is 129 cm³/mol. The number of carbonyl (C=O) groups excluding carboxylic acids is 2. The van der Waals surface area contributed by atoms with E-state index in [2.05, 4.69) is 20.9 Å². The summed E-state index contributed by atoms with van der Waals surface area (Å²) in [5.74, 6) is 0.186. The van der Waals surface area contributed by atoms with E-state index in [1.807, 2.05) is 30.3 Å². The van der Waals surface area contributed by atoms with Crippen molar-refractivity contribution in [2.45, 2.75) is 18.9 Å². The first-order valence-corrected chi connectivity index (χ1v) is 11.2. The zero-order valence-corrected chi connectivity index (χ0v) is 18.7. The molecule has 0 spiro atoms. The monoisotopic (exact) mass is 464 g/mol. The summed E-state index contributed by atoms with van der Waals surface area (Å²) in [4.78, 5) is 29.7. The number of amides is 2. The lowest BCUT2D eigenvalue weighted by molar-refractivity contribution is 0.0775. The Balaban J connectivity index is 1.44. The summed E-state index contributed by atoms with van der Waals surface area (Å²) in [7, 11) is 0. The van der Waals surface area contributed by atoms with Gasteiger partial charge in [-0.3, -0.25) is 10.1 Å². The number of anilines is 2. The SMILES string of the molecule is O=C(Nc1ccccc1C(=O)Nc1ccc(Cl)cn1)OC(Cc1ccccc1)C1CCNC1. The standard InChI is InChI=1S/C25H25ClN4O3/c26-19-10-11-23(28-16-19)30-24(31)20-8-4-5-9-21(20)29-25(32)33-22(18-12-13-27-15-18)14-17-6-2-1-3-7-17/h1-11,16,18,22,27H,12-15H2,(H,29,32)(H,28,30,31). The number of carbonyl (C=O) groups is 2. The third-order valence-corrected chi connectivity index (χ3v) is 5.76. The van der Waals surface area contributed by atoms with Gasteiger partial charge in [0.1, 0.15) is 11.9 Å². The van der Waals surface area contributed by atoms with Crippen molar-refractivity contribution in [3.63, 3.8) is 0 Å². The van der Waals surface area contributed by atoms with E-state index in [0.717, 1.165) is 25.1 Å². The van der Waals surface area contributed by atoms with Crippen molar-refractivity contribution >= 4 is 35.1 Å². The van der Waals surface area contributed by atoms with Gasteiger partial charge in [-0.15, -0.1) is 0 Å². The Morgan fingerprint density at radius 2 is 1.85 bits per heavy atom. The van der Waals surface area contributed by atoms with Crippen LogP contribution in [0.15, 0.2) is 72.9 Å². The van der Waals surface area contributed by atoms with E-state index in [1.54, 1.807) is 36.4 Å². The summed E-state index contributed by atoms with van der Waals surface area (Å²) in [6, 6.07) is 20.0. The Labute approximate surface area is 197 Å². The molecule has 170 valence electrons. The molecular formula is C25H25ClN4O3. The van der Waals surface area contributed by atoms with Gasteiger partial charge >= 0.3 is 6.09 Å². The minimum atomic E-state index is -0.590. The second kappa shape index (κ2) is 10.9. The van der Waals surface area contributed by atoms with Crippen LogP contribution in [-0.4, -0.2) is 36.2 Å². The quantitative estimate of drug-likeness (QED) is 0.469. The molecule has 1 fully saturated rings. The minimum Gasteiger partial charge on any atom is -0.445 e. The third kappa shape index (κ3) is 6.31. The predicted octanol–water partition coefficient (Wildman–Crippen LogP) is 4.76. The average molecular weight is 465 g/mol. The van der Waals surface area contributed by atoms with Gasteiger partial charge in [0.05, 0.1) is 16.3 Å². The van der Waals surface area contributed by atoms with E-state index < -0.39 is 12.0 Å². The van der Waals surface area contributed by atoms with Crippen LogP contribution in [-0.2, 0) is 11.2 Å². The Kier molecular flexibility index (Phi) is 7.55. The molecule has 2 aromatic carbocycles. The largest absolute Gasteiger partial charge is 0.445 e. The van der Waals surface area contributed by atoms with Gasteiger partial charge in [0.15, 0.2) is 0 Å².